The molecule has 0 aliphatic heterocycles. The second-order valence-electron chi connectivity index (χ2n) is 4.70. The van der Waals surface area contributed by atoms with E-state index in [0.717, 1.165) is 12.0 Å². The van der Waals surface area contributed by atoms with Crippen LogP contribution >= 0.6 is 11.6 Å². The van der Waals surface area contributed by atoms with Gasteiger partial charge in [0.2, 0.25) is 0 Å². The first-order valence-electron chi connectivity index (χ1n) is 6.95. The molecule has 0 saturated carbocycles. The van der Waals surface area contributed by atoms with Crippen LogP contribution in [-0.4, -0.2) is 26.2 Å². The Balaban J connectivity index is 1.71. The molecule has 0 spiro atoms. The number of benzene rings is 2. The summed E-state index contributed by atoms with van der Waals surface area (Å²) in [5.41, 5.74) is 1.08. The normalized spacial score (nSPS) is 10.1. The number of rotatable bonds is 7. The summed E-state index contributed by atoms with van der Waals surface area (Å²) >= 11 is 5.91. The van der Waals surface area contributed by atoms with Crippen LogP contribution in [0.5, 0.6) is 11.5 Å². The molecule has 0 aliphatic rings. The second kappa shape index (κ2) is 8.29. The third-order valence-corrected chi connectivity index (χ3v) is 3.27. The SMILES string of the molecule is COc1cccc(OCC(=O)NCCc2cccc(Cl)c2)c1. The molecule has 116 valence electrons. The van der Waals surface area contributed by atoms with E-state index < -0.39 is 0 Å². The van der Waals surface area contributed by atoms with Gasteiger partial charge >= 0.3 is 0 Å². The van der Waals surface area contributed by atoms with E-state index in [0.29, 0.717) is 23.1 Å². The van der Waals surface area contributed by atoms with Crippen LogP contribution in [0.15, 0.2) is 48.5 Å². The summed E-state index contributed by atoms with van der Waals surface area (Å²) < 4.78 is 10.5. The summed E-state index contributed by atoms with van der Waals surface area (Å²) in [5, 5.41) is 3.51. The maximum atomic E-state index is 11.7. The Morgan fingerprint density at radius 1 is 1.14 bits per heavy atom. The van der Waals surface area contributed by atoms with E-state index in [1.807, 2.05) is 36.4 Å². The number of amides is 1. The summed E-state index contributed by atoms with van der Waals surface area (Å²) in [4.78, 5) is 11.7. The van der Waals surface area contributed by atoms with Gasteiger partial charge in [-0.15, -0.1) is 0 Å². The van der Waals surface area contributed by atoms with Gasteiger partial charge in [-0.3, -0.25) is 4.79 Å². The molecule has 5 heteroatoms. The number of hydrogen-bond donors (Lipinski definition) is 1. The van der Waals surface area contributed by atoms with Crippen LogP contribution in [0.2, 0.25) is 5.02 Å². The van der Waals surface area contributed by atoms with Crippen LogP contribution in [-0.2, 0) is 11.2 Å². The molecule has 1 N–H and O–H groups in total. The van der Waals surface area contributed by atoms with Crippen LogP contribution in [0.25, 0.3) is 0 Å². The van der Waals surface area contributed by atoms with Gasteiger partial charge in [-0.25, -0.2) is 0 Å². The lowest BCUT2D eigenvalue weighted by molar-refractivity contribution is -0.123. The fraction of sp³-hybridized carbons (Fsp3) is 0.235. The zero-order valence-corrected chi connectivity index (χ0v) is 13.1. The van der Waals surface area contributed by atoms with E-state index in [2.05, 4.69) is 5.32 Å². The zero-order valence-electron chi connectivity index (χ0n) is 12.3. The maximum absolute atomic E-state index is 11.7. The van der Waals surface area contributed by atoms with E-state index >= 15 is 0 Å². The maximum Gasteiger partial charge on any atom is 0.257 e. The molecule has 0 atom stereocenters. The molecular formula is C17H18ClNO3. The molecule has 0 aliphatic carbocycles. The highest BCUT2D eigenvalue weighted by Gasteiger charge is 2.03. The van der Waals surface area contributed by atoms with Gasteiger partial charge in [-0.2, -0.15) is 0 Å². The van der Waals surface area contributed by atoms with Crippen molar-refractivity contribution in [2.75, 3.05) is 20.3 Å². The summed E-state index contributed by atoms with van der Waals surface area (Å²) in [7, 11) is 1.58. The van der Waals surface area contributed by atoms with E-state index in [9.17, 15) is 4.79 Å². The van der Waals surface area contributed by atoms with Crippen LogP contribution in [0, 0.1) is 0 Å². The zero-order chi connectivity index (χ0) is 15.8. The Bertz CT molecular complexity index is 631. The van der Waals surface area contributed by atoms with Crippen molar-refractivity contribution in [2.45, 2.75) is 6.42 Å². The van der Waals surface area contributed by atoms with E-state index in [1.54, 1.807) is 19.2 Å². The van der Waals surface area contributed by atoms with Gasteiger partial charge in [0.1, 0.15) is 11.5 Å². The molecule has 0 saturated heterocycles. The Kier molecular flexibility index (Phi) is 6.10. The lowest BCUT2D eigenvalue weighted by Gasteiger charge is -2.08. The molecule has 4 nitrogen and oxygen atoms in total. The largest absolute Gasteiger partial charge is 0.497 e. The number of carbonyl (C=O) groups is 1. The molecule has 0 aromatic heterocycles. The Morgan fingerprint density at radius 3 is 2.68 bits per heavy atom. The van der Waals surface area contributed by atoms with Crippen LogP contribution in [0.1, 0.15) is 5.56 Å². The van der Waals surface area contributed by atoms with Crippen molar-refractivity contribution >= 4 is 17.5 Å². The number of halogens is 1. The van der Waals surface area contributed by atoms with Crippen LogP contribution in [0.4, 0.5) is 0 Å². The second-order valence-corrected chi connectivity index (χ2v) is 5.13. The predicted molar refractivity (Wildman–Crippen MR) is 86.7 cm³/mol. The van der Waals surface area contributed by atoms with Gasteiger partial charge in [-0.1, -0.05) is 29.8 Å². The number of methoxy groups -OCH3 is 1. The highest BCUT2D eigenvalue weighted by Crippen LogP contribution is 2.18. The van der Waals surface area contributed by atoms with Gasteiger partial charge < -0.3 is 14.8 Å². The quantitative estimate of drug-likeness (QED) is 0.853. The molecule has 0 fully saturated rings. The topological polar surface area (TPSA) is 47.6 Å². The average molecular weight is 320 g/mol. The monoisotopic (exact) mass is 319 g/mol. The summed E-state index contributed by atoms with van der Waals surface area (Å²) in [6, 6.07) is 14.7. The third kappa shape index (κ3) is 5.30. The molecule has 2 rings (SSSR count). The molecule has 1 amide bonds. The van der Waals surface area contributed by atoms with E-state index in [-0.39, 0.29) is 12.5 Å². The average Bonchev–Trinajstić information content (AvgIpc) is 2.53. The fourth-order valence-electron chi connectivity index (χ4n) is 1.93. The standard InChI is InChI=1S/C17H18ClNO3/c1-21-15-6-3-7-16(11-15)22-12-17(20)19-9-8-13-4-2-5-14(18)10-13/h2-7,10-11H,8-9,12H2,1H3,(H,19,20). The van der Waals surface area contributed by atoms with Crippen molar-refractivity contribution in [1.82, 2.24) is 5.32 Å². The smallest absolute Gasteiger partial charge is 0.257 e. The minimum absolute atomic E-state index is 0.0251. The lowest BCUT2D eigenvalue weighted by Crippen LogP contribution is -2.30. The van der Waals surface area contributed by atoms with E-state index in [1.165, 1.54) is 0 Å². The molecule has 22 heavy (non-hydrogen) atoms. The third-order valence-electron chi connectivity index (χ3n) is 3.04. The van der Waals surface area contributed by atoms with Crippen LogP contribution in [0.3, 0.4) is 0 Å². The van der Waals surface area contributed by atoms with Crippen molar-refractivity contribution in [3.63, 3.8) is 0 Å². The van der Waals surface area contributed by atoms with Crippen molar-refractivity contribution < 1.29 is 14.3 Å². The Labute approximate surface area is 135 Å². The van der Waals surface area contributed by atoms with E-state index in [4.69, 9.17) is 21.1 Å². The van der Waals surface area contributed by atoms with Crippen LogP contribution < -0.4 is 14.8 Å². The molecule has 0 bridgehead atoms. The molecule has 0 unspecified atom stereocenters. The number of hydrogen-bond acceptors (Lipinski definition) is 3. The minimum atomic E-state index is -0.162. The Hall–Kier alpha value is -2.20. The van der Waals surface area contributed by atoms with Gasteiger partial charge in [0.15, 0.2) is 6.61 Å². The summed E-state index contributed by atoms with van der Waals surface area (Å²) in [6.07, 6.45) is 0.728. The highest BCUT2D eigenvalue weighted by atomic mass is 35.5. The molecule has 2 aromatic rings. The summed E-state index contributed by atoms with van der Waals surface area (Å²) in [5.74, 6) is 1.13. The molecular weight excluding hydrogens is 302 g/mol. The summed E-state index contributed by atoms with van der Waals surface area (Å²) in [6.45, 7) is 0.517. The first kappa shape index (κ1) is 16.2. The van der Waals surface area contributed by atoms with Gasteiger partial charge in [-0.05, 0) is 36.2 Å². The first-order valence-corrected chi connectivity index (χ1v) is 7.33. The number of carbonyl (C=O) groups excluding carboxylic acids is 1. The van der Waals surface area contributed by atoms with Crippen molar-refractivity contribution in [1.29, 1.82) is 0 Å². The molecule has 0 heterocycles. The van der Waals surface area contributed by atoms with Crippen molar-refractivity contribution in [3.05, 3.63) is 59.1 Å². The lowest BCUT2D eigenvalue weighted by atomic mass is 10.1. The highest BCUT2D eigenvalue weighted by molar-refractivity contribution is 6.30. The first-order chi connectivity index (χ1) is 10.7. The number of ether oxygens (including phenoxy) is 2. The van der Waals surface area contributed by atoms with Gasteiger partial charge in [0, 0.05) is 17.6 Å². The molecule has 2 aromatic carbocycles. The molecule has 0 radical (unpaired) electrons. The fourth-order valence-corrected chi connectivity index (χ4v) is 2.14. The van der Waals surface area contributed by atoms with Crippen molar-refractivity contribution in [2.24, 2.45) is 0 Å². The van der Waals surface area contributed by atoms with Gasteiger partial charge in [0.25, 0.3) is 5.91 Å². The van der Waals surface area contributed by atoms with Crippen molar-refractivity contribution in [3.8, 4) is 11.5 Å². The predicted octanol–water partition coefficient (Wildman–Crippen LogP) is 3.09. The minimum Gasteiger partial charge on any atom is -0.497 e. The van der Waals surface area contributed by atoms with Gasteiger partial charge in [0.05, 0.1) is 7.11 Å². The Morgan fingerprint density at radius 2 is 1.91 bits per heavy atom. The number of nitrogens with one attached hydrogen (secondary N) is 1.